The molecule has 0 N–H and O–H groups in total. The first-order chi connectivity index (χ1) is 5.22. The Morgan fingerprint density at radius 2 is 2.18 bits per heavy atom. The minimum Gasteiger partial charge on any atom is -0.207 e. The van der Waals surface area contributed by atoms with E-state index >= 15 is 0 Å². The topological polar surface area (TPSA) is 23.8 Å². The Labute approximate surface area is 78.0 Å². The number of nitrogens with zero attached hydrogens (tertiary/aromatic N) is 1. The second kappa shape index (κ2) is 3.67. The number of benzene rings is 1. The summed E-state index contributed by atoms with van der Waals surface area (Å²) in [6.45, 7) is 0. The van der Waals surface area contributed by atoms with Crippen molar-refractivity contribution in [1.29, 1.82) is 5.26 Å². The molecule has 0 heterocycles. The van der Waals surface area contributed by atoms with E-state index in [9.17, 15) is 4.39 Å². The van der Waals surface area contributed by atoms with Crippen LogP contribution >= 0.6 is 22.6 Å². The van der Waals surface area contributed by atoms with Gasteiger partial charge in [-0.25, -0.2) is 4.39 Å². The van der Waals surface area contributed by atoms with Crippen LogP contribution in [0.15, 0.2) is 18.2 Å². The van der Waals surface area contributed by atoms with Crippen molar-refractivity contribution < 1.29 is 4.39 Å². The zero-order chi connectivity index (χ0) is 8.27. The van der Waals surface area contributed by atoms with Gasteiger partial charge in [0.25, 0.3) is 0 Å². The third-order valence-corrected chi connectivity index (χ3v) is 1.83. The highest BCUT2D eigenvalue weighted by Crippen LogP contribution is 2.11. The lowest BCUT2D eigenvalue weighted by Gasteiger charge is -1.95. The van der Waals surface area contributed by atoms with Crippen LogP contribution in [0, 0.1) is 20.7 Å². The molecule has 0 unspecified atom stereocenters. The monoisotopic (exact) mass is 261 g/mol. The lowest BCUT2D eigenvalue weighted by atomic mass is 10.2. The van der Waals surface area contributed by atoms with Gasteiger partial charge in [-0.3, -0.25) is 0 Å². The molecule has 11 heavy (non-hydrogen) atoms. The fourth-order valence-electron chi connectivity index (χ4n) is 0.804. The van der Waals surface area contributed by atoms with Gasteiger partial charge in [0.05, 0.1) is 12.5 Å². The Morgan fingerprint density at radius 1 is 1.45 bits per heavy atom. The molecule has 0 atom stereocenters. The minimum atomic E-state index is -0.276. The molecule has 1 nitrogen and oxygen atoms in total. The molecule has 0 fully saturated rings. The Balaban J connectivity index is 3.01. The molecule has 0 bridgehead atoms. The smallest absolute Gasteiger partial charge is 0.124 e. The van der Waals surface area contributed by atoms with E-state index < -0.39 is 0 Å². The van der Waals surface area contributed by atoms with Crippen LogP contribution in [0.1, 0.15) is 5.56 Å². The summed E-state index contributed by atoms with van der Waals surface area (Å²) >= 11 is 2.02. The average Bonchev–Trinajstić information content (AvgIpc) is 1.85. The Morgan fingerprint density at radius 3 is 2.73 bits per heavy atom. The second-order valence-electron chi connectivity index (χ2n) is 2.11. The van der Waals surface area contributed by atoms with Crippen LogP contribution < -0.4 is 0 Å². The number of halogens is 2. The van der Waals surface area contributed by atoms with Crippen LogP contribution in [0.25, 0.3) is 0 Å². The predicted octanol–water partition coefficient (Wildman–Crippen LogP) is 2.50. The maximum atomic E-state index is 12.6. The van der Waals surface area contributed by atoms with Crippen LogP contribution in [0.2, 0.25) is 0 Å². The van der Waals surface area contributed by atoms with Gasteiger partial charge in [-0.2, -0.15) is 5.26 Å². The van der Waals surface area contributed by atoms with Crippen LogP contribution in [-0.2, 0) is 6.42 Å². The zero-order valence-electron chi connectivity index (χ0n) is 5.64. The third-order valence-electron chi connectivity index (χ3n) is 1.21. The molecule has 0 saturated heterocycles. The maximum Gasteiger partial charge on any atom is 0.124 e. The van der Waals surface area contributed by atoms with Gasteiger partial charge in [-0.15, -0.1) is 0 Å². The molecule has 1 aromatic carbocycles. The fourth-order valence-corrected chi connectivity index (χ4v) is 1.50. The first-order valence-corrected chi connectivity index (χ1v) is 4.12. The summed E-state index contributed by atoms with van der Waals surface area (Å²) in [6, 6.07) is 6.58. The first-order valence-electron chi connectivity index (χ1n) is 3.04. The van der Waals surface area contributed by atoms with Crippen LogP contribution in [0.4, 0.5) is 4.39 Å². The summed E-state index contributed by atoms with van der Waals surface area (Å²) < 4.78 is 13.5. The Bertz CT molecular complexity index is 283. The van der Waals surface area contributed by atoms with Crippen LogP contribution in [0.3, 0.4) is 0 Å². The van der Waals surface area contributed by atoms with E-state index in [2.05, 4.69) is 0 Å². The van der Waals surface area contributed by atoms with Gasteiger partial charge in [0, 0.05) is 3.57 Å². The van der Waals surface area contributed by atoms with Crippen molar-refractivity contribution in [3.8, 4) is 6.07 Å². The molecule has 0 aliphatic carbocycles. The van der Waals surface area contributed by atoms with Crippen molar-refractivity contribution in [2.75, 3.05) is 0 Å². The van der Waals surface area contributed by atoms with Crippen molar-refractivity contribution >= 4 is 22.6 Å². The van der Waals surface area contributed by atoms with Gasteiger partial charge in [0.15, 0.2) is 0 Å². The summed E-state index contributed by atoms with van der Waals surface area (Å²) in [6.07, 6.45) is 0.272. The standard InChI is InChI=1S/C8H5FIN/c9-7-3-6(1-2-11)4-8(10)5-7/h3-5H,1H2. The summed E-state index contributed by atoms with van der Waals surface area (Å²) in [5.74, 6) is -0.276. The van der Waals surface area contributed by atoms with E-state index in [-0.39, 0.29) is 12.2 Å². The molecular weight excluding hydrogens is 256 g/mol. The molecule has 1 rings (SSSR count). The van der Waals surface area contributed by atoms with Crippen molar-refractivity contribution in [3.63, 3.8) is 0 Å². The molecule has 0 radical (unpaired) electrons. The van der Waals surface area contributed by atoms with Gasteiger partial charge >= 0.3 is 0 Å². The van der Waals surface area contributed by atoms with E-state index in [0.29, 0.717) is 0 Å². The fraction of sp³-hybridized carbons (Fsp3) is 0.125. The number of rotatable bonds is 1. The maximum absolute atomic E-state index is 12.6. The van der Waals surface area contributed by atoms with E-state index in [4.69, 9.17) is 5.26 Å². The Hall–Kier alpha value is -0.630. The number of hydrogen-bond acceptors (Lipinski definition) is 1. The van der Waals surface area contributed by atoms with Gasteiger partial charge in [-0.1, -0.05) is 0 Å². The van der Waals surface area contributed by atoms with Crippen molar-refractivity contribution in [2.24, 2.45) is 0 Å². The molecule has 0 aliphatic rings. The summed E-state index contributed by atoms with van der Waals surface area (Å²) in [5.41, 5.74) is 0.733. The van der Waals surface area contributed by atoms with Crippen LogP contribution in [-0.4, -0.2) is 0 Å². The zero-order valence-corrected chi connectivity index (χ0v) is 7.80. The highest BCUT2D eigenvalue weighted by molar-refractivity contribution is 14.1. The molecule has 3 heteroatoms. The molecule has 0 amide bonds. The number of hydrogen-bond donors (Lipinski definition) is 0. The van der Waals surface area contributed by atoms with Gasteiger partial charge in [0.1, 0.15) is 5.82 Å². The van der Waals surface area contributed by atoms with E-state index in [0.717, 1.165) is 9.13 Å². The van der Waals surface area contributed by atoms with Gasteiger partial charge < -0.3 is 0 Å². The molecular formula is C8H5FIN. The first kappa shape index (κ1) is 8.47. The second-order valence-corrected chi connectivity index (χ2v) is 3.36. The lowest BCUT2D eigenvalue weighted by molar-refractivity contribution is 0.625. The molecule has 0 aliphatic heterocycles. The molecule has 0 aromatic heterocycles. The quantitative estimate of drug-likeness (QED) is 0.712. The summed E-state index contributed by atoms with van der Waals surface area (Å²) in [4.78, 5) is 0. The van der Waals surface area contributed by atoms with E-state index in [1.165, 1.54) is 12.1 Å². The highest BCUT2D eigenvalue weighted by atomic mass is 127. The van der Waals surface area contributed by atoms with Crippen molar-refractivity contribution in [1.82, 2.24) is 0 Å². The van der Waals surface area contributed by atoms with E-state index in [1.54, 1.807) is 6.07 Å². The average molecular weight is 261 g/mol. The molecule has 56 valence electrons. The lowest BCUT2D eigenvalue weighted by Crippen LogP contribution is -1.85. The third kappa shape index (κ3) is 2.46. The predicted molar refractivity (Wildman–Crippen MR) is 48.4 cm³/mol. The summed E-state index contributed by atoms with van der Waals surface area (Å²) in [7, 11) is 0. The Kier molecular flexibility index (Phi) is 2.83. The van der Waals surface area contributed by atoms with Gasteiger partial charge in [-0.05, 0) is 46.4 Å². The SMILES string of the molecule is N#CCc1cc(F)cc(I)c1. The van der Waals surface area contributed by atoms with Crippen molar-refractivity contribution in [2.45, 2.75) is 6.42 Å². The largest absolute Gasteiger partial charge is 0.207 e. The van der Waals surface area contributed by atoms with Crippen LogP contribution in [0.5, 0.6) is 0 Å². The molecule has 0 spiro atoms. The van der Waals surface area contributed by atoms with Crippen molar-refractivity contribution in [3.05, 3.63) is 33.1 Å². The highest BCUT2D eigenvalue weighted by Gasteiger charge is 1.97. The minimum absolute atomic E-state index is 0.272. The summed E-state index contributed by atoms with van der Waals surface area (Å²) in [5, 5.41) is 8.33. The van der Waals surface area contributed by atoms with E-state index in [1.807, 2.05) is 28.7 Å². The molecule has 0 saturated carbocycles. The normalized spacial score (nSPS) is 9.18. The van der Waals surface area contributed by atoms with Gasteiger partial charge in [0.2, 0.25) is 0 Å². The molecule has 1 aromatic rings. The number of nitriles is 1.